The van der Waals surface area contributed by atoms with Crippen molar-refractivity contribution < 1.29 is 17.9 Å². The molecule has 1 aliphatic heterocycles. The molecule has 0 aliphatic carbocycles. The highest BCUT2D eigenvalue weighted by Gasteiger charge is 2.31. The lowest BCUT2D eigenvalue weighted by molar-refractivity contribution is -0.131. The summed E-state index contributed by atoms with van der Waals surface area (Å²) in [5, 5.41) is 0.799. The molecule has 0 N–H and O–H groups in total. The summed E-state index contributed by atoms with van der Waals surface area (Å²) in [6.45, 7) is 5.12. The zero-order valence-corrected chi connectivity index (χ0v) is 19.4. The Morgan fingerprint density at radius 1 is 1.06 bits per heavy atom. The fourth-order valence-electron chi connectivity index (χ4n) is 4.03. The number of piperazine rings is 1. The van der Waals surface area contributed by atoms with E-state index in [2.05, 4.69) is 4.98 Å². The van der Waals surface area contributed by atoms with Gasteiger partial charge in [0.1, 0.15) is 10.6 Å². The van der Waals surface area contributed by atoms with E-state index in [9.17, 15) is 13.2 Å². The van der Waals surface area contributed by atoms with Crippen molar-refractivity contribution in [2.45, 2.75) is 25.2 Å². The summed E-state index contributed by atoms with van der Waals surface area (Å²) in [5.41, 5.74) is 3.35. The molecule has 32 heavy (non-hydrogen) atoms. The molecular weight excluding hydrogens is 426 g/mol. The van der Waals surface area contributed by atoms with E-state index in [1.165, 1.54) is 4.31 Å². The van der Waals surface area contributed by atoms with Gasteiger partial charge in [0.25, 0.3) is 0 Å². The van der Waals surface area contributed by atoms with E-state index in [1.54, 1.807) is 30.3 Å². The van der Waals surface area contributed by atoms with E-state index in [-0.39, 0.29) is 30.3 Å². The summed E-state index contributed by atoms with van der Waals surface area (Å²) < 4.78 is 33.4. The van der Waals surface area contributed by atoms with Gasteiger partial charge in [-0.3, -0.25) is 9.78 Å². The topological polar surface area (TPSA) is 79.8 Å². The molecule has 7 nitrogen and oxygen atoms in total. The molecule has 4 rings (SSSR count). The third kappa shape index (κ3) is 4.33. The van der Waals surface area contributed by atoms with E-state index in [4.69, 9.17) is 4.74 Å². The summed E-state index contributed by atoms with van der Waals surface area (Å²) in [7, 11) is -2.10. The first-order valence-corrected chi connectivity index (χ1v) is 12.0. The molecule has 168 valence electrons. The third-order valence-corrected chi connectivity index (χ3v) is 7.78. The molecular formula is C24H27N3O4S. The smallest absolute Gasteiger partial charge is 0.245 e. The maximum atomic E-state index is 13.3. The standard InChI is InChI=1S/C24H27N3O4S/c1-17-13-20-5-4-6-22(24(20)25-16-17)32(29,30)27-11-9-26(10-12-27)23(28)15-19-8-7-18(2)21(14-19)31-3/h4-8,13-14,16H,9-12,15H2,1-3H3. The number of hydrogen-bond acceptors (Lipinski definition) is 5. The van der Waals surface area contributed by atoms with Crippen LogP contribution in [0.4, 0.5) is 0 Å². The largest absolute Gasteiger partial charge is 0.496 e. The number of pyridine rings is 1. The van der Waals surface area contributed by atoms with Crippen molar-refractivity contribution in [3.8, 4) is 5.75 Å². The first-order chi connectivity index (χ1) is 15.3. The van der Waals surface area contributed by atoms with Crippen molar-refractivity contribution in [1.29, 1.82) is 0 Å². The second-order valence-electron chi connectivity index (χ2n) is 8.11. The number of fused-ring (bicyclic) bond motifs is 1. The van der Waals surface area contributed by atoms with Crippen LogP contribution in [0, 0.1) is 13.8 Å². The van der Waals surface area contributed by atoms with Crippen LogP contribution in [0.2, 0.25) is 0 Å². The highest BCUT2D eigenvalue weighted by molar-refractivity contribution is 7.89. The minimum Gasteiger partial charge on any atom is -0.496 e. The molecule has 1 saturated heterocycles. The first kappa shape index (κ1) is 22.2. The molecule has 2 heterocycles. The molecule has 1 amide bonds. The first-order valence-electron chi connectivity index (χ1n) is 10.6. The van der Waals surface area contributed by atoms with Crippen molar-refractivity contribution >= 4 is 26.8 Å². The second-order valence-corrected chi connectivity index (χ2v) is 10.0. The summed E-state index contributed by atoms with van der Waals surface area (Å²) in [5.74, 6) is 0.736. The Kier molecular flexibility index (Phi) is 6.17. The number of sulfonamides is 1. The minimum absolute atomic E-state index is 0.0183. The average Bonchev–Trinajstić information content (AvgIpc) is 2.79. The van der Waals surface area contributed by atoms with Gasteiger partial charge in [-0.15, -0.1) is 0 Å². The van der Waals surface area contributed by atoms with Gasteiger partial charge in [0.2, 0.25) is 15.9 Å². The predicted octanol–water partition coefficient (Wildman–Crippen LogP) is 2.94. The van der Waals surface area contributed by atoms with Crippen molar-refractivity contribution in [1.82, 2.24) is 14.2 Å². The monoisotopic (exact) mass is 453 g/mol. The van der Waals surface area contributed by atoms with Crippen LogP contribution in [0.15, 0.2) is 53.6 Å². The average molecular weight is 454 g/mol. The molecule has 2 aromatic carbocycles. The van der Waals surface area contributed by atoms with Crippen molar-refractivity contribution in [3.63, 3.8) is 0 Å². The molecule has 0 radical (unpaired) electrons. The second kappa shape index (κ2) is 8.88. The van der Waals surface area contributed by atoms with Crippen LogP contribution >= 0.6 is 0 Å². The number of aryl methyl sites for hydroxylation is 2. The highest BCUT2D eigenvalue weighted by Crippen LogP contribution is 2.26. The van der Waals surface area contributed by atoms with E-state index < -0.39 is 10.0 Å². The maximum Gasteiger partial charge on any atom is 0.245 e. The SMILES string of the molecule is COc1cc(CC(=O)N2CCN(S(=O)(=O)c3cccc4cc(C)cnc34)CC2)ccc1C. The van der Waals surface area contributed by atoms with Crippen LogP contribution in [-0.2, 0) is 21.2 Å². The van der Waals surface area contributed by atoms with E-state index in [0.717, 1.165) is 27.8 Å². The van der Waals surface area contributed by atoms with Crippen LogP contribution in [0.25, 0.3) is 10.9 Å². The van der Waals surface area contributed by atoms with Gasteiger partial charge < -0.3 is 9.64 Å². The quantitative estimate of drug-likeness (QED) is 0.594. The number of hydrogen-bond donors (Lipinski definition) is 0. The number of carbonyl (C=O) groups excluding carboxylic acids is 1. The number of rotatable bonds is 5. The molecule has 0 spiro atoms. The number of para-hydroxylation sites is 1. The van der Waals surface area contributed by atoms with Crippen molar-refractivity contribution in [2.75, 3.05) is 33.3 Å². The van der Waals surface area contributed by atoms with Crippen LogP contribution in [0.3, 0.4) is 0 Å². The summed E-state index contributed by atoms with van der Waals surface area (Å²) >= 11 is 0. The fourth-order valence-corrected chi connectivity index (χ4v) is 5.62. The van der Waals surface area contributed by atoms with E-state index >= 15 is 0 Å². The molecule has 3 aromatic rings. The van der Waals surface area contributed by atoms with Gasteiger partial charge >= 0.3 is 0 Å². The number of benzene rings is 2. The lowest BCUT2D eigenvalue weighted by atomic mass is 10.1. The van der Waals surface area contributed by atoms with Crippen LogP contribution < -0.4 is 4.74 Å². The lowest BCUT2D eigenvalue weighted by Gasteiger charge is -2.34. The Hall–Kier alpha value is -2.97. The zero-order valence-electron chi connectivity index (χ0n) is 18.5. The Labute approximate surface area is 188 Å². The van der Waals surface area contributed by atoms with Gasteiger partial charge in [-0.05, 0) is 48.7 Å². The molecule has 1 aliphatic rings. The van der Waals surface area contributed by atoms with Gasteiger partial charge in [0.15, 0.2) is 0 Å². The molecule has 1 fully saturated rings. The van der Waals surface area contributed by atoms with E-state index in [0.29, 0.717) is 18.6 Å². The van der Waals surface area contributed by atoms with E-state index in [1.807, 2.05) is 44.2 Å². The minimum atomic E-state index is -3.71. The van der Waals surface area contributed by atoms with Gasteiger partial charge in [-0.25, -0.2) is 8.42 Å². The van der Waals surface area contributed by atoms with Gasteiger partial charge in [0, 0.05) is 37.8 Å². The Balaban J connectivity index is 1.46. The summed E-state index contributed by atoms with van der Waals surface area (Å²) in [6, 6.07) is 12.9. The lowest BCUT2D eigenvalue weighted by Crippen LogP contribution is -2.50. The number of aromatic nitrogens is 1. The normalized spacial score (nSPS) is 15.2. The van der Waals surface area contributed by atoms with Crippen molar-refractivity contribution in [3.05, 3.63) is 65.4 Å². The van der Waals surface area contributed by atoms with Crippen LogP contribution in [0.1, 0.15) is 16.7 Å². The number of ether oxygens (including phenoxy) is 1. The Morgan fingerprint density at radius 2 is 1.81 bits per heavy atom. The number of nitrogens with zero attached hydrogens (tertiary/aromatic N) is 3. The molecule has 0 bridgehead atoms. The zero-order chi connectivity index (χ0) is 22.9. The predicted molar refractivity (Wildman–Crippen MR) is 123 cm³/mol. The highest BCUT2D eigenvalue weighted by atomic mass is 32.2. The molecule has 0 atom stereocenters. The van der Waals surface area contributed by atoms with Gasteiger partial charge in [-0.1, -0.05) is 24.3 Å². The Morgan fingerprint density at radius 3 is 2.53 bits per heavy atom. The molecule has 0 unspecified atom stereocenters. The number of amides is 1. The van der Waals surface area contributed by atoms with Gasteiger partial charge in [0.05, 0.1) is 19.0 Å². The number of carbonyl (C=O) groups is 1. The molecule has 0 saturated carbocycles. The number of methoxy groups -OCH3 is 1. The fraction of sp³-hybridized carbons (Fsp3) is 0.333. The van der Waals surface area contributed by atoms with Crippen LogP contribution in [0.5, 0.6) is 5.75 Å². The third-order valence-electron chi connectivity index (χ3n) is 5.85. The van der Waals surface area contributed by atoms with Crippen molar-refractivity contribution in [2.24, 2.45) is 0 Å². The summed E-state index contributed by atoms with van der Waals surface area (Å²) in [6.07, 6.45) is 1.94. The van der Waals surface area contributed by atoms with Crippen LogP contribution in [-0.4, -0.2) is 61.8 Å². The maximum absolute atomic E-state index is 13.3. The van der Waals surface area contributed by atoms with Gasteiger partial charge in [-0.2, -0.15) is 4.31 Å². The molecule has 8 heteroatoms. The molecule has 1 aromatic heterocycles. The Bertz CT molecular complexity index is 1270. The summed E-state index contributed by atoms with van der Waals surface area (Å²) in [4.78, 5) is 19.1.